The van der Waals surface area contributed by atoms with Crippen LogP contribution in [-0.4, -0.2) is 105 Å². The summed E-state index contributed by atoms with van der Waals surface area (Å²) in [6, 6.07) is 16.1. The number of benzene rings is 2. The zero-order valence-corrected chi connectivity index (χ0v) is 29.0. The lowest BCUT2D eigenvalue weighted by atomic mass is 10.1. The summed E-state index contributed by atoms with van der Waals surface area (Å²) in [6.45, 7) is 14.7. The van der Waals surface area contributed by atoms with E-state index in [1.54, 1.807) is 13.3 Å². The Hall–Kier alpha value is -3.47. The lowest BCUT2D eigenvalue weighted by molar-refractivity contribution is 0.197. The molecule has 0 amide bonds. The molecule has 2 aromatic carbocycles. The van der Waals surface area contributed by atoms with E-state index in [9.17, 15) is 4.79 Å². The topological polar surface area (TPSA) is 75.5 Å². The zero-order chi connectivity index (χ0) is 33.0. The Morgan fingerprint density at radius 2 is 1.30 bits per heavy atom. The van der Waals surface area contributed by atoms with Gasteiger partial charge in [-0.3, -0.25) is 14.6 Å². The van der Waals surface area contributed by atoms with E-state index in [0.29, 0.717) is 13.2 Å². The molecule has 256 valence electrons. The summed E-state index contributed by atoms with van der Waals surface area (Å²) in [4.78, 5) is 22.6. The van der Waals surface area contributed by atoms with Gasteiger partial charge in [0.25, 0.3) is 5.56 Å². The van der Waals surface area contributed by atoms with Crippen molar-refractivity contribution in [1.29, 1.82) is 0 Å². The van der Waals surface area contributed by atoms with Crippen molar-refractivity contribution >= 4 is 23.0 Å². The molecule has 0 radical (unpaired) electrons. The number of hydrogen-bond donors (Lipinski definition) is 0. The van der Waals surface area contributed by atoms with Gasteiger partial charge in [-0.15, -0.1) is 0 Å². The highest BCUT2D eigenvalue weighted by Gasteiger charge is 2.22. The van der Waals surface area contributed by atoms with Crippen LogP contribution in [0, 0.1) is 0 Å². The maximum Gasteiger partial charge on any atom is 0.287 e. The maximum absolute atomic E-state index is 13.0. The number of ether oxygens (including phenoxy) is 3. The molecule has 11 heteroatoms. The number of unbranched alkanes of at least 4 members (excludes halogenated alkanes) is 3. The molecule has 5 rings (SSSR count). The van der Waals surface area contributed by atoms with Gasteiger partial charge in [0.2, 0.25) is 0 Å². The Morgan fingerprint density at radius 3 is 1.96 bits per heavy atom. The number of aryl methyl sites for hydroxylation is 1. The fourth-order valence-corrected chi connectivity index (χ4v) is 6.57. The monoisotopic (exact) mass is 666 g/mol. The highest BCUT2D eigenvalue weighted by Crippen LogP contribution is 2.30. The van der Waals surface area contributed by atoms with Gasteiger partial charge in [-0.1, -0.05) is 48.7 Å². The third-order valence-corrected chi connectivity index (χ3v) is 9.30. The normalized spacial score (nSPS) is 16.1. The Bertz CT molecular complexity index is 1450. The molecular formula is C36H51ClN6O4. The Labute approximate surface area is 284 Å². The largest absolute Gasteiger partial charge is 0.493 e. The van der Waals surface area contributed by atoms with Crippen LogP contribution in [0.2, 0.25) is 5.02 Å². The van der Waals surface area contributed by atoms with Crippen LogP contribution < -0.4 is 29.6 Å². The number of hydrogen-bond acceptors (Lipinski definition) is 9. The average molecular weight is 667 g/mol. The summed E-state index contributed by atoms with van der Waals surface area (Å²) in [5, 5.41) is 4.76. The van der Waals surface area contributed by atoms with Crippen LogP contribution in [0.15, 0.2) is 59.5 Å². The van der Waals surface area contributed by atoms with Crippen molar-refractivity contribution in [3.8, 4) is 17.2 Å². The van der Waals surface area contributed by atoms with Gasteiger partial charge >= 0.3 is 0 Å². The van der Waals surface area contributed by atoms with Gasteiger partial charge in [0.05, 0.1) is 30.8 Å². The second-order valence-corrected chi connectivity index (χ2v) is 13.0. The van der Waals surface area contributed by atoms with E-state index >= 15 is 0 Å². The predicted molar refractivity (Wildman–Crippen MR) is 190 cm³/mol. The van der Waals surface area contributed by atoms with E-state index in [4.69, 9.17) is 25.8 Å². The van der Waals surface area contributed by atoms with Crippen LogP contribution in [-0.2, 0) is 6.54 Å². The van der Waals surface area contributed by atoms with Crippen LogP contribution in [0.1, 0.15) is 39.5 Å². The molecule has 0 N–H and O–H groups in total. The third kappa shape index (κ3) is 9.78. The van der Waals surface area contributed by atoms with Crippen LogP contribution in [0.4, 0.5) is 11.4 Å². The van der Waals surface area contributed by atoms with Crippen molar-refractivity contribution in [3.05, 3.63) is 70.1 Å². The lowest BCUT2D eigenvalue weighted by Crippen LogP contribution is -2.48. The average Bonchev–Trinajstić information content (AvgIpc) is 3.09. The highest BCUT2D eigenvalue weighted by molar-refractivity contribution is 6.33. The zero-order valence-electron chi connectivity index (χ0n) is 28.3. The minimum absolute atomic E-state index is 0.165. The number of aromatic nitrogens is 2. The minimum atomic E-state index is -0.199. The number of para-hydroxylation sites is 4. The van der Waals surface area contributed by atoms with Gasteiger partial charge < -0.3 is 24.0 Å². The number of piperazine rings is 2. The molecule has 2 fully saturated rings. The van der Waals surface area contributed by atoms with E-state index in [-0.39, 0.29) is 16.7 Å². The lowest BCUT2D eigenvalue weighted by Gasteiger charge is -2.37. The van der Waals surface area contributed by atoms with Crippen molar-refractivity contribution in [1.82, 2.24) is 19.6 Å². The third-order valence-electron chi connectivity index (χ3n) is 8.95. The molecule has 47 heavy (non-hydrogen) atoms. The van der Waals surface area contributed by atoms with E-state index in [2.05, 4.69) is 56.7 Å². The first-order valence-corrected chi connectivity index (χ1v) is 17.5. The molecule has 0 unspecified atom stereocenters. The maximum atomic E-state index is 13.0. The Balaban J connectivity index is 0.969. The van der Waals surface area contributed by atoms with Gasteiger partial charge in [0.15, 0.2) is 11.5 Å². The van der Waals surface area contributed by atoms with Crippen molar-refractivity contribution < 1.29 is 14.2 Å². The SMILES string of the molecule is COc1ccccc1OCCN1CCN(c2cnn(CCCCCCN3CCN(c4ccccc4OC(C)C)CC3)c(=O)c2Cl)CC1. The smallest absolute Gasteiger partial charge is 0.287 e. The van der Waals surface area contributed by atoms with Gasteiger partial charge in [-0.05, 0) is 57.5 Å². The van der Waals surface area contributed by atoms with Crippen LogP contribution in [0.3, 0.4) is 0 Å². The predicted octanol–water partition coefficient (Wildman–Crippen LogP) is 5.28. The molecule has 0 atom stereocenters. The fraction of sp³-hybridized carbons (Fsp3) is 0.556. The summed E-state index contributed by atoms with van der Waals surface area (Å²) >= 11 is 6.60. The standard InChI is InChI=1S/C36H51ClN6O4/c1-29(2)47-32-13-7-6-12-30(32)41-22-18-39(19-23-41)16-10-4-5-11-17-43-36(44)35(37)31(28-38-43)42-24-20-40(21-25-42)26-27-46-34-15-9-8-14-33(34)45-3/h6-9,12-15,28-29H,4-5,10-11,16-27H2,1-3H3. The van der Waals surface area contributed by atoms with E-state index in [1.807, 2.05) is 30.3 Å². The molecule has 1 aromatic heterocycles. The van der Waals surface area contributed by atoms with Crippen molar-refractivity contribution in [2.24, 2.45) is 0 Å². The summed E-state index contributed by atoms with van der Waals surface area (Å²) in [5.74, 6) is 2.47. The van der Waals surface area contributed by atoms with Gasteiger partial charge in [-0.2, -0.15) is 5.10 Å². The number of rotatable bonds is 16. The first-order valence-electron chi connectivity index (χ1n) is 17.1. The second-order valence-electron chi connectivity index (χ2n) is 12.6. The number of anilines is 2. The van der Waals surface area contributed by atoms with E-state index in [1.165, 1.54) is 10.4 Å². The second kappa shape index (κ2) is 17.6. The number of halogens is 1. The summed E-state index contributed by atoms with van der Waals surface area (Å²) in [6.07, 6.45) is 6.21. The Morgan fingerprint density at radius 1 is 0.723 bits per heavy atom. The molecule has 0 aliphatic carbocycles. The van der Waals surface area contributed by atoms with Crippen molar-refractivity contribution in [2.45, 2.75) is 52.2 Å². The van der Waals surface area contributed by atoms with Gasteiger partial charge in [-0.25, -0.2) is 4.68 Å². The summed E-state index contributed by atoms with van der Waals surface area (Å²) < 4.78 is 18.9. The molecule has 2 aliphatic heterocycles. The van der Waals surface area contributed by atoms with Crippen LogP contribution in [0.5, 0.6) is 17.2 Å². The molecule has 0 bridgehead atoms. The molecule has 3 aromatic rings. The Kier molecular flexibility index (Phi) is 13.1. The first-order chi connectivity index (χ1) is 22.9. The number of nitrogens with zero attached hydrogens (tertiary/aromatic N) is 6. The molecule has 3 heterocycles. The molecule has 0 saturated carbocycles. The van der Waals surface area contributed by atoms with Gasteiger partial charge in [0, 0.05) is 65.4 Å². The van der Waals surface area contributed by atoms with E-state index in [0.717, 1.165) is 114 Å². The molecule has 10 nitrogen and oxygen atoms in total. The van der Waals surface area contributed by atoms with Gasteiger partial charge in [0.1, 0.15) is 17.4 Å². The van der Waals surface area contributed by atoms with Crippen LogP contribution >= 0.6 is 11.6 Å². The van der Waals surface area contributed by atoms with Crippen molar-refractivity contribution in [2.75, 3.05) is 89.0 Å². The number of methoxy groups -OCH3 is 1. The van der Waals surface area contributed by atoms with Crippen LogP contribution in [0.25, 0.3) is 0 Å². The summed E-state index contributed by atoms with van der Waals surface area (Å²) in [5.41, 5.74) is 1.73. The molecule has 2 saturated heterocycles. The molecule has 2 aliphatic rings. The van der Waals surface area contributed by atoms with E-state index < -0.39 is 0 Å². The molecule has 0 spiro atoms. The minimum Gasteiger partial charge on any atom is -0.493 e. The van der Waals surface area contributed by atoms with Crippen molar-refractivity contribution in [3.63, 3.8) is 0 Å². The first kappa shape index (κ1) is 34.9. The molecular weight excluding hydrogens is 616 g/mol. The quantitative estimate of drug-likeness (QED) is 0.190. The highest BCUT2D eigenvalue weighted by atomic mass is 35.5. The summed E-state index contributed by atoms with van der Waals surface area (Å²) in [7, 11) is 1.65. The fourth-order valence-electron chi connectivity index (χ4n) is 6.31.